The average molecular weight is 355 g/mol. The van der Waals surface area contributed by atoms with E-state index in [2.05, 4.69) is 11.0 Å². The summed E-state index contributed by atoms with van der Waals surface area (Å²) in [5.41, 5.74) is 1.80. The summed E-state index contributed by atoms with van der Waals surface area (Å²) in [6, 6.07) is 9.17. The van der Waals surface area contributed by atoms with E-state index in [9.17, 15) is 20.0 Å². The van der Waals surface area contributed by atoms with E-state index in [1.807, 2.05) is 24.3 Å². The molecule has 1 aromatic carbocycles. The first-order chi connectivity index (χ1) is 12.4. The number of nitriles is 1. The third kappa shape index (κ3) is 3.73. The summed E-state index contributed by atoms with van der Waals surface area (Å²) in [7, 11) is 0. The fourth-order valence-electron chi connectivity index (χ4n) is 4.13. The lowest BCUT2D eigenvalue weighted by atomic mass is 9.72. The molecule has 6 heteroatoms. The number of carboxylic acid groups (broad SMARTS) is 1. The van der Waals surface area contributed by atoms with Gasteiger partial charge in [0, 0.05) is 19.5 Å². The van der Waals surface area contributed by atoms with E-state index in [0.29, 0.717) is 13.0 Å². The van der Waals surface area contributed by atoms with Gasteiger partial charge in [-0.1, -0.05) is 18.2 Å². The summed E-state index contributed by atoms with van der Waals surface area (Å²) in [6.45, 7) is 4.70. The minimum atomic E-state index is -0.944. The normalized spacial score (nSPS) is 21.4. The van der Waals surface area contributed by atoms with Gasteiger partial charge in [0.25, 0.3) is 0 Å². The summed E-state index contributed by atoms with van der Waals surface area (Å²) in [6.07, 6.45) is 3.20. The highest BCUT2D eigenvalue weighted by Gasteiger charge is 2.43. The number of carboxylic acids is 1. The lowest BCUT2D eigenvalue weighted by Gasteiger charge is -2.48. The number of piperidine rings is 2. The molecule has 0 radical (unpaired) electrons. The Bertz CT molecular complexity index is 732. The van der Waals surface area contributed by atoms with Gasteiger partial charge in [-0.15, -0.1) is 0 Å². The molecule has 2 heterocycles. The molecule has 0 saturated carbocycles. The Morgan fingerprint density at radius 2 is 2.00 bits per heavy atom. The number of carbonyl (C=O) groups is 2. The number of nitrogens with zero attached hydrogens (tertiary/aromatic N) is 3. The zero-order chi connectivity index (χ0) is 18.7. The number of rotatable bonds is 4. The van der Waals surface area contributed by atoms with Crippen molar-refractivity contribution in [3.63, 3.8) is 0 Å². The third-order valence-corrected chi connectivity index (χ3v) is 5.97. The maximum atomic E-state index is 12.2. The minimum Gasteiger partial charge on any atom is -0.480 e. The fraction of sp³-hybridized carbons (Fsp3) is 0.550. The number of hydrogen-bond donors (Lipinski definition) is 1. The number of carbonyl (C=O) groups excluding carboxylic acids is 1. The van der Waals surface area contributed by atoms with Crippen LogP contribution >= 0.6 is 0 Å². The molecular formula is C20H25N3O3. The van der Waals surface area contributed by atoms with Gasteiger partial charge >= 0.3 is 5.97 Å². The molecule has 1 amide bonds. The van der Waals surface area contributed by atoms with Gasteiger partial charge in [0.15, 0.2) is 0 Å². The Morgan fingerprint density at radius 1 is 1.31 bits per heavy atom. The molecule has 2 saturated heterocycles. The number of amides is 1. The first kappa shape index (κ1) is 18.4. The number of hydrogen-bond acceptors (Lipinski definition) is 4. The zero-order valence-electron chi connectivity index (χ0n) is 15.1. The molecule has 1 atom stereocenters. The number of likely N-dealkylation sites (tertiary alicyclic amines) is 2. The lowest BCUT2D eigenvalue weighted by molar-refractivity contribution is -0.155. The summed E-state index contributed by atoms with van der Waals surface area (Å²) in [4.78, 5) is 27.4. The molecule has 2 aliphatic heterocycles. The van der Waals surface area contributed by atoms with Crippen molar-refractivity contribution in [2.75, 3.05) is 19.6 Å². The van der Waals surface area contributed by atoms with Crippen LogP contribution in [0.4, 0.5) is 0 Å². The van der Waals surface area contributed by atoms with Crippen molar-refractivity contribution in [1.29, 1.82) is 5.26 Å². The Balaban J connectivity index is 1.63. The Labute approximate surface area is 154 Å². The predicted octanol–water partition coefficient (Wildman–Crippen LogP) is 2.24. The highest BCUT2D eigenvalue weighted by Crippen LogP contribution is 2.41. The first-order valence-corrected chi connectivity index (χ1v) is 9.17. The summed E-state index contributed by atoms with van der Waals surface area (Å²) in [5.74, 6) is -0.989. The molecule has 0 aromatic heterocycles. The molecule has 2 aliphatic rings. The van der Waals surface area contributed by atoms with Gasteiger partial charge in [-0.2, -0.15) is 5.26 Å². The summed E-state index contributed by atoms with van der Waals surface area (Å²) in [5, 5.41) is 18.5. The molecule has 1 N–H and O–H groups in total. The van der Waals surface area contributed by atoms with Gasteiger partial charge in [-0.05, 0) is 56.3 Å². The van der Waals surface area contributed by atoms with Gasteiger partial charge < -0.3 is 10.0 Å². The Hall–Kier alpha value is -2.39. The van der Waals surface area contributed by atoms with E-state index in [0.717, 1.165) is 50.0 Å². The second kappa shape index (κ2) is 7.46. The van der Waals surface area contributed by atoms with Gasteiger partial charge in [-0.25, -0.2) is 4.79 Å². The van der Waals surface area contributed by atoms with Crippen LogP contribution in [0.2, 0.25) is 0 Å². The second-order valence-electron chi connectivity index (χ2n) is 7.58. The van der Waals surface area contributed by atoms with Crippen LogP contribution in [0.1, 0.15) is 43.7 Å². The van der Waals surface area contributed by atoms with Crippen molar-refractivity contribution in [1.82, 2.24) is 9.80 Å². The second-order valence-corrected chi connectivity index (χ2v) is 7.58. The van der Waals surface area contributed by atoms with Gasteiger partial charge in [-0.3, -0.25) is 9.69 Å². The van der Waals surface area contributed by atoms with Crippen molar-refractivity contribution in [2.24, 2.45) is 5.41 Å². The van der Waals surface area contributed by atoms with Gasteiger partial charge in [0.05, 0.1) is 11.6 Å². The molecule has 138 valence electrons. The lowest BCUT2D eigenvalue weighted by Crippen LogP contribution is -2.55. The third-order valence-electron chi connectivity index (χ3n) is 5.97. The molecule has 1 aromatic rings. The van der Waals surface area contributed by atoms with Crippen LogP contribution in [0, 0.1) is 16.7 Å². The molecule has 1 spiro atoms. The first-order valence-electron chi connectivity index (χ1n) is 9.17. The van der Waals surface area contributed by atoms with Crippen LogP contribution in [0.5, 0.6) is 0 Å². The zero-order valence-corrected chi connectivity index (χ0v) is 15.1. The van der Waals surface area contributed by atoms with Crippen LogP contribution in [0.3, 0.4) is 0 Å². The Kier molecular flexibility index (Phi) is 5.28. The predicted molar refractivity (Wildman–Crippen MR) is 96.1 cm³/mol. The van der Waals surface area contributed by atoms with E-state index in [1.54, 1.807) is 11.8 Å². The van der Waals surface area contributed by atoms with Crippen molar-refractivity contribution in [3.8, 4) is 6.07 Å². The minimum absolute atomic E-state index is 0.0306. The van der Waals surface area contributed by atoms with E-state index < -0.39 is 12.0 Å². The van der Waals surface area contributed by atoms with Crippen LogP contribution in [0.15, 0.2) is 24.3 Å². The maximum absolute atomic E-state index is 12.2. The van der Waals surface area contributed by atoms with E-state index in [4.69, 9.17) is 0 Å². The van der Waals surface area contributed by atoms with Crippen LogP contribution in [-0.4, -0.2) is 52.5 Å². The van der Waals surface area contributed by atoms with E-state index in [1.165, 1.54) is 0 Å². The van der Waals surface area contributed by atoms with Crippen LogP contribution in [0.25, 0.3) is 0 Å². The van der Waals surface area contributed by atoms with Crippen LogP contribution < -0.4 is 0 Å². The summed E-state index contributed by atoms with van der Waals surface area (Å²) >= 11 is 0. The molecule has 26 heavy (non-hydrogen) atoms. The monoisotopic (exact) mass is 355 g/mol. The molecule has 3 rings (SSSR count). The highest BCUT2D eigenvalue weighted by atomic mass is 16.4. The fourth-order valence-corrected chi connectivity index (χ4v) is 4.13. The average Bonchev–Trinajstić information content (AvgIpc) is 2.65. The standard InChI is InChI=1S/C20H25N3O3/c1-15(19(25)26)23-14-20(7-6-18(23)24)8-10-22(11-9-20)13-17-5-3-2-4-16(17)12-21/h2-5,15H,6-11,13-14H2,1H3,(H,25,26)/t15-/m1/s1. The smallest absolute Gasteiger partial charge is 0.326 e. The van der Waals surface area contributed by atoms with E-state index >= 15 is 0 Å². The van der Waals surface area contributed by atoms with Crippen molar-refractivity contribution in [2.45, 2.75) is 45.2 Å². The molecule has 6 nitrogen and oxygen atoms in total. The SMILES string of the molecule is C[C@H](C(=O)O)N1CC2(CCC1=O)CCN(Cc1ccccc1C#N)CC2. The highest BCUT2D eigenvalue weighted by molar-refractivity contribution is 5.84. The largest absolute Gasteiger partial charge is 0.480 e. The topological polar surface area (TPSA) is 84.6 Å². The van der Waals surface area contributed by atoms with Crippen molar-refractivity contribution in [3.05, 3.63) is 35.4 Å². The summed E-state index contributed by atoms with van der Waals surface area (Å²) < 4.78 is 0. The van der Waals surface area contributed by atoms with Crippen LogP contribution in [-0.2, 0) is 16.1 Å². The van der Waals surface area contributed by atoms with E-state index in [-0.39, 0.29) is 11.3 Å². The molecule has 0 aliphatic carbocycles. The van der Waals surface area contributed by atoms with Crippen molar-refractivity contribution >= 4 is 11.9 Å². The molecule has 2 fully saturated rings. The van der Waals surface area contributed by atoms with Gasteiger partial charge in [0.1, 0.15) is 6.04 Å². The number of aliphatic carboxylic acids is 1. The quantitative estimate of drug-likeness (QED) is 0.895. The maximum Gasteiger partial charge on any atom is 0.326 e. The molecular weight excluding hydrogens is 330 g/mol. The Morgan fingerprint density at radius 3 is 2.65 bits per heavy atom. The molecule has 0 bridgehead atoms. The van der Waals surface area contributed by atoms with Gasteiger partial charge in [0.2, 0.25) is 5.91 Å². The molecule has 0 unspecified atom stereocenters. The van der Waals surface area contributed by atoms with Crippen molar-refractivity contribution < 1.29 is 14.7 Å². The number of benzene rings is 1.